The van der Waals surface area contributed by atoms with Crippen LogP contribution >= 0.6 is 0 Å². The minimum absolute atomic E-state index is 0.109. The first-order valence-corrected chi connectivity index (χ1v) is 13.5. The predicted octanol–water partition coefficient (Wildman–Crippen LogP) is 1.40. The fourth-order valence-corrected chi connectivity index (χ4v) is 4.56. The van der Waals surface area contributed by atoms with Crippen molar-refractivity contribution in [1.29, 1.82) is 5.26 Å². The summed E-state index contributed by atoms with van der Waals surface area (Å²) in [6.07, 6.45) is 2.06. The summed E-state index contributed by atoms with van der Waals surface area (Å²) in [5.74, 6) is -3.37. The number of amides is 3. The normalized spacial score (nSPS) is 12.7. The van der Waals surface area contributed by atoms with Crippen molar-refractivity contribution >= 4 is 39.1 Å². The maximum Gasteiger partial charge on any atom is 0.349 e. The first-order chi connectivity index (χ1) is 18.2. The molecule has 0 saturated carbocycles. The van der Waals surface area contributed by atoms with Gasteiger partial charge in [0.05, 0.1) is 11.5 Å². The molecule has 0 aliphatic carbocycles. The Bertz CT molecular complexity index is 1350. The number of esters is 1. The lowest BCUT2D eigenvalue weighted by Gasteiger charge is -2.13. The van der Waals surface area contributed by atoms with Crippen LogP contribution in [0, 0.1) is 11.3 Å². The molecule has 1 heterocycles. The minimum atomic E-state index is -3.70. The van der Waals surface area contributed by atoms with Crippen LogP contribution in [-0.2, 0) is 33.8 Å². The summed E-state index contributed by atoms with van der Waals surface area (Å²) >= 11 is 0. The van der Waals surface area contributed by atoms with E-state index in [1.807, 2.05) is 6.07 Å². The monoisotopic (exact) mass is 535 g/mol. The number of ether oxygens (including phenoxy) is 1. The van der Waals surface area contributed by atoms with Crippen molar-refractivity contribution < 1.29 is 32.3 Å². The Morgan fingerprint density at radius 3 is 1.97 bits per heavy atom. The summed E-state index contributed by atoms with van der Waals surface area (Å²) in [5, 5.41) is 12.2. The molecular formula is C27H25N3O7S. The van der Waals surface area contributed by atoms with Crippen LogP contribution in [0.4, 0.5) is 0 Å². The molecule has 0 atom stereocenters. The molecule has 38 heavy (non-hydrogen) atoms. The highest BCUT2D eigenvalue weighted by Crippen LogP contribution is 2.27. The van der Waals surface area contributed by atoms with Crippen molar-refractivity contribution in [3.05, 3.63) is 89.5 Å². The molecule has 1 N–H and O–H groups in total. The summed E-state index contributed by atoms with van der Waals surface area (Å²) in [6.45, 7) is -0.768. The van der Waals surface area contributed by atoms with Gasteiger partial charge >= 0.3 is 5.97 Å². The second-order valence-electron chi connectivity index (χ2n) is 8.14. The lowest BCUT2D eigenvalue weighted by Crippen LogP contribution is -2.36. The molecule has 1 aliphatic rings. The van der Waals surface area contributed by atoms with E-state index in [1.165, 1.54) is 0 Å². The molecular weight excluding hydrogens is 510 g/mol. The van der Waals surface area contributed by atoms with Crippen LogP contribution in [-0.4, -0.2) is 68.2 Å². The van der Waals surface area contributed by atoms with Gasteiger partial charge in [-0.2, -0.15) is 5.26 Å². The van der Waals surface area contributed by atoms with Crippen molar-refractivity contribution in [2.75, 3.05) is 31.2 Å². The number of nitriles is 1. The van der Waals surface area contributed by atoms with Gasteiger partial charge in [0, 0.05) is 37.2 Å². The number of hydrogen-bond donors (Lipinski definition) is 1. The lowest BCUT2D eigenvalue weighted by molar-refractivity contribution is -0.138. The maximum absolute atomic E-state index is 12.8. The summed E-state index contributed by atoms with van der Waals surface area (Å²) in [5.41, 5.74) is 1.38. The van der Waals surface area contributed by atoms with E-state index >= 15 is 0 Å². The number of carbonyl (C=O) groups excluding carboxylic acids is 4. The molecule has 0 spiro atoms. The number of hydrogen-bond acceptors (Lipinski definition) is 8. The number of carbonyl (C=O) groups is 4. The molecule has 1 aliphatic heterocycles. The van der Waals surface area contributed by atoms with Crippen molar-refractivity contribution in [3.8, 4) is 6.07 Å². The Morgan fingerprint density at radius 1 is 0.895 bits per heavy atom. The SMILES string of the molecule is N#CC(C(=O)OCCS(=O)(=O)CCNC(=O)CCN1C(=O)C=CC1=O)=C(c1ccccc1)c1ccccc1. The molecule has 0 bridgehead atoms. The zero-order valence-electron chi connectivity index (χ0n) is 20.3. The largest absolute Gasteiger partial charge is 0.460 e. The molecule has 3 rings (SSSR count). The van der Waals surface area contributed by atoms with Gasteiger partial charge in [-0.3, -0.25) is 19.3 Å². The fraction of sp³-hybridized carbons (Fsp3) is 0.222. The van der Waals surface area contributed by atoms with E-state index < -0.39 is 51.6 Å². The highest BCUT2D eigenvalue weighted by molar-refractivity contribution is 7.91. The van der Waals surface area contributed by atoms with E-state index in [0.717, 1.165) is 17.1 Å². The first-order valence-electron chi connectivity index (χ1n) is 11.6. The van der Waals surface area contributed by atoms with Crippen LogP contribution in [0.5, 0.6) is 0 Å². The standard InChI is InChI=1S/C27H25N3O7S/c28-19-22(26(20-7-3-1-4-8-20)21-9-5-2-6-10-21)27(34)37-16-18-38(35,36)17-14-29-23(31)13-15-30-24(32)11-12-25(30)33/h1-12H,13-18H2,(H,29,31). The van der Waals surface area contributed by atoms with Gasteiger partial charge in [0.2, 0.25) is 5.91 Å². The average Bonchev–Trinajstić information content (AvgIpc) is 3.23. The third-order valence-electron chi connectivity index (χ3n) is 5.52. The van der Waals surface area contributed by atoms with Crippen molar-refractivity contribution in [2.24, 2.45) is 0 Å². The number of benzene rings is 2. The number of nitrogens with zero attached hydrogens (tertiary/aromatic N) is 2. The predicted molar refractivity (Wildman–Crippen MR) is 138 cm³/mol. The van der Waals surface area contributed by atoms with Gasteiger partial charge in [0.25, 0.3) is 11.8 Å². The number of imide groups is 1. The van der Waals surface area contributed by atoms with E-state index in [2.05, 4.69) is 5.32 Å². The highest BCUT2D eigenvalue weighted by atomic mass is 32.2. The van der Waals surface area contributed by atoms with Crippen LogP contribution in [0.2, 0.25) is 0 Å². The molecule has 2 aromatic rings. The quantitative estimate of drug-likeness (QED) is 0.185. The maximum atomic E-state index is 12.8. The van der Waals surface area contributed by atoms with E-state index in [4.69, 9.17) is 4.74 Å². The molecule has 0 saturated heterocycles. The molecule has 3 amide bonds. The van der Waals surface area contributed by atoms with Crippen LogP contribution in [0.1, 0.15) is 17.5 Å². The van der Waals surface area contributed by atoms with Gasteiger partial charge in [-0.05, 0) is 11.1 Å². The van der Waals surface area contributed by atoms with Crippen molar-refractivity contribution in [1.82, 2.24) is 10.2 Å². The van der Waals surface area contributed by atoms with Gasteiger partial charge in [-0.25, -0.2) is 13.2 Å². The molecule has 0 fully saturated rings. The third kappa shape index (κ3) is 7.72. The Balaban J connectivity index is 1.53. The Morgan fingerprint density at radius 2 is 1.45 bits per heavy atom. The third-order valence-corrected chi connectivity index (χ3v) is 7.13. The van der Waals surface area contributed by atoms with E-state index in [1.54, 1.807) is 60.7 Å². The summed E-state index contributed by atoms with van der Waals surface area (Å²) in [6, 6.07) is 19.6. The van der Waals surface area contributed by atoms with E-state index in [9.17, 15) is 32.9 Å². The molecule has 2 aromatic carbocycles. The van der Waals surface area contributed by atoms with E-state index in [0.29, 0.717) is 16.7 Å². The first kappa shape index (κ1) is 28.0. The molecule has 0 unspecified atom stereocenters. The number of nitrogens with one attached hydrogen (secondary N) is 1. The number of sulfone groups is 1. The van der Waals surface area contributed by atoms with Gasteiger partial charge in [0.15, 0.2) is 9.84 Å². The van der Waals surface area contributed by atoms with Gasteiger partial charge < -0.3 is 10.1 Å². The molecule has 11 heteroatoms. The zero-order valence-corrected chi connectivity index (χ0v) is 21.1. The zero-order chi connectivity index (χ0) is 27.5. The van der Waals surface area contributed by atoms with Crippen LogP contribution in [0.25, 0.3) is 5.57 Å². The molecule has 0 radical (unpaired) electrons. The van der Waals surface area contributed by atoms with Crippen LogP contribution < -0.4 is 5.32 Å². The van der Waals surface area contributed by atoms with Gasteiger partial charge in [-0.1, -0.05) is 60.7 Å². The van der Waals surface area contributed by atoms with Gasteiger partial charge in [-0.15, -0.1) is 0 Å². The highest BCUT2D eigenvalue weighted by Gasteiger charge is 2.24. The Labute approximate surface area is 220 Å². The van der Waals surface area contributed by atoms with Crippen LogP contribution in [0.15, 0.2) is 78.4 Å². The van der Waals surface area contributed by atoms with Crippen molar-refractivity contribution in [2.45, 2.75) is 6.42 Å². The lowest BCUT2D eigenvalue weighted by atomic mass is 9.93. The smallest absolute Gasteiger partial charge is 0.349 e. The summed E-state index contributed by atoms with van der Waals surface area (Å²) in [4.78, 5) is 48.6. The molecule has 0 aromatic heterocycles. The number of rotatable bonds is 12. The Kier molecular flexibility index (Phi) is 9.67. The van der Waals surface area contributed by atoms with E-state index in [-0.39, 0.29) is 25.1 Å². The molecule has 196 valence electrons. The summed E-state index contributed by atoms with van der Waals surface area (Å²) < 4.78 is 29.8. The second-order valence-corrected chi connectivity index (χ2v) is 10.4. The minimum Gasteiger partial charge on any atom is -0.460 e. The Hall–Kier alpha value is -4.56. The second kappa shape index (κ2) is 13.1. The average molecular weight is 536 g/mol. The van der Waals surface area contributed by atoms with Gasteiger partial charge in [0.1, 0.15) is 18.2 Å². The fourth-order valence-electron chi connectivity index (χ4n) is 3.60. The molecule has 10 nitrogen and oxygen atoms in total. The topological polar surface area (TPSA) is 151 Å². The summed E-state index contributed by atoms with van der Waals surface area (Å²) in [7, 11) is -3.70. The van der Waals surface area contributed by atoms with Crippen LogP contribution in [0.3, 0.4) is 0 Å². The van der Waals surface area contributed by atoms with Crippen molar-refractivity contribution in [3.63, 3.8) is 0 Å².